The summed E-state index contributed by atoms with van der Waals surface area (Å²) in [5, 5.41) is 3.53. The van der Waals surface area contributed by atoms with E-state index in [4.69, 9.17) is 9.47 Å². The van der Waals surface area contributed by atoms with Gasteiger partial charge in [-0.2, -0.15) is 0 Å². The molecule has 4 nitrogen and oxygen atoms in total. The van der Waals surface area contributed by atoms with Gasteiger partial charge in [-0.3, -0.25) is 4.98 Å². The Morgan fingerprint density at radius 1 is 1.44 bits per heavy atom. The maximum atomic E-state index is 5.86. The number of fused-ring (bicyclic) bond motifs is 1. The number of aromatic nitrogens is 1. The minimum Gasteiger partial charge on any atom is -0.376 e. The highest BCUT2D eigenvalue weighted by Crippen LogP contribution is 2.30. The van der Waals surface area contributed by atoms with Crippen LogP contribution in [0.4, 0.5) is 0 Å². The lowest BCUT2D eigenvalue weighted by atomic mass is 10.1. The lowest BCUT2D eigenvalue weighted by Crippen LogP contribution is -2.47. The molecule has 0 unspecified atom stereocenters. The number of rotatable bonds is 4. The highest BCUT2D eigenvalue weighted by molar-refractivity contribution is 5.06. The Hall–Kier alpha value is -0.970. The molecule has 4 heteroatoms. The van der Waals surface area contributed by atoms with E-state index in [9.17, 15) is 0 Å². The van der Waals surface area contributed by atoms with Crippen LogP contribution in [0.5, 0.6) is 0 Å². The summed E-state index contributed by atoms with van der Waals surface area (Å²) in [6.45, 7) is 3.26. The molecule has 2 heterocycles. The second kappa shape index (κ2) is 5.78. The Labute approximate surface area is 108 Å². The average molecular weight is 248 g/mol. The lowest BCUT2D eigenvalue weighted by Gasteiger charge is -2.30. The van der Waals surface area contributed by atoms with E-state index in [0.717, 1.165) is 25.3 Å². The largest absolute Gasteiger partial charge is 0.376 e. The van der Waals surface area contributed by atoms with Crippen molar-refractivity contribution in [2.24, 2.45) is 5.92 Å². The van der Waals surface area contributed by atoms with Crippen LogP contribution in [0.15, 0.2) is 24.5 Å². The molecular formula is C14H20N2O2. The molecular weight excluding hydrogens is 228 g/mol. The van der Waals surface area contributed by atoms with Crippen LogP contribution < -0.4 is 5.32 Å². The summed E-state index contributed by atoms with van der Waals surface area (Å²) >= 11 is 0. The normalized spacial score (nSPS) is 31.2. The van der Waals surface area contributed by atoms with Gasteiger partial charge in [0.05, 0.1) is 25.9 Å². The van der Waals surface area contributed by atoms with E-state index >= 15 is 0 Å². The minimum atomic E-state index is 0.354. The summed E-state index contributed by atoms with van der Waals surface area (Å²) in [6.07, 6.45) is 6.41. The molecule has 1 aromatic heterocycles. The summed E-state index contributed by atoms with van der Waals surface area (Å²) < 4.78 is 11.7. The predicted octanol–water partition coefficient (Wildman–Crippen LogP) is 1.37. The highest BCUT2D eigenvalue weighted by Gasteiger charge is 2.38. The number of hydrogen-bond acceptors (Lipinski definition) is 4. The lowest BCUT2D eigenvalue weighted by molar-refractivity contribution is -0.0399. The van der Waals surface area contributed by atoms with E-state index in [2.05, 4.69) is 10.3 Å². The minimum absolute atomic E-state index is 0.354. The van der Waals surface area contributed by atoms with Gasteiger partial charge in [-0.05, 0) is 24.5 Å². The summed E-state index contributed by atoms with van der Waals surface area (Å²) in [4.78, 5) is 4.09. The van der Waals surface area contributed by atoms with Crippen molar-refractivity contribution in [1.82, 2.24) is 10.3 Å². The maximum absolute atomic E-state index is 5.86. The monoisotopic (exact) mass is 248 g/mol. The molecule has 18 heavy (non-hydrogen) atoms. The van der Waals surface area contributed by atoms with Crippen molar-refractivity contribution in [2.75, 3.05) is 19.8 Å². The first kappa shape index (κ1) is 12.1. The van der Waals surface area contributed by atoms with E-state index in [1.54, 1.807) is 6.20 Å². The Bertz CT molecular complexity index is 371. The van der Waals surface area contributed by atoms with E-state index in [0.29, 0.717) is 24.7 Å². The number of nitrogens with zero attached hydrogens (tertiary/aromatic N) is 1. The Morgan fingerprint density at radius 3 is 3.33 bits per heavy atom. The summed E-state index contributed by atoms with van der Waals surface area (Å²) in [5.41, 5.74) is 1.13. The third-order valence-electron chi connectivity index (χ3n) is 3.85. The first-order valence-electron chi connectivity index (χ1n) is 6.75. The van der Waals surface area contributed by atoms with Gasteiger partial charge >= 0.3 is 0 Å². The van der Waals surface area contributed by atoms with Crippen LogP contribution in [0.1, 0.15) is 18.4 Å². The zero-order valence-electron chi connectivity index (χ0n) is 10.5. The van der Waals surface area contributed by atoms with Gasteiger partial charge in [-0.25, -0.2) is 0 Å². The van der Waals surface area contributed by atoms with Crippen LogP contribution in [-0.4, -0.2) is 36.9 Å². The van der Waals surface area contributed by atoms with Crippen LogP contribution >= 0.6 is 0 Å². The van der Waals surface area contributed by atoms with Gasteiger partial charge in [-0.15, -0.1) is 0 Å². The maximum Gasteiger partial charge on any atom is 0.0778 e. The number of pyridine rings is 1. The first-order valence-corrected chi connectivity index (χ1v) is 6.75. The number of morpholine rings is 1. The fourth-order valence-corrected chi connectivity index (χ4v) is 2.95. The fraction of sp³-hybridized carbons (Fsp3) is 0.643. The van der Waals surface area contributed by atoms with Crippen molar-refractivity contribution in [3.63, 3.8) is 0 Å². The van der Waals surface area contributed by atoms with Crippen LogP contribution in [0.2, 0.25) is 0 Å². The molecule has 0 bridgehead atoms. The molecule has 3 atom stereocenters. The molecule has 3 rings (SSSR count). The molecule has 1 N–H and O–H groups in total. The van der Waals surface area contributed by atoms with Crippen molar-refractivity contribution in [3.8, 4) is 0 Å². The zero-order chi connectivity index (χ0) is 12.2. The average Bonchev–Trinajstić information content (AvgIpc) is 2.84. The molecule has 0 radical (unpaired) electrons. The Balaban J connectivity index is 1.46. The summed E-state index contributed by atoms with van der Waals surface area (Å²) in [7, 11) is 0. The molecule has 1 aliphatic carbocycles. The van der Waals surface area contributed by atoms with Gasteiger partial charge in [0.1, 0.15) is 0 Å². The topological polar surface area (TPSA) is 43.4 Å². The third kappa shape index (κ3) is 2.71. The van der Waals surface area contributed by atoms with Crippen molar-refractivity contribution in [3.05, 3.63) is 30.1 Å². The van der Waals surface area contributed by atoms with Gasteiger partial charge in [0, 0.05) is 30.9 Å². The molecule has 0 aromatic carbocycles. The van der Waals surface area contributed by atoms with E-state index < -0.39 is 0 Å². The highest BCUT2D eigenvalue weighted by atomic mass is 16.5. The van der Waals surface area contributed by atoms with Crippen molar-refractivity contribution in [1.29, 1.82) is 0 Å². The standard InChI is InChI=1S/C14H20N2O2/c1-2-11(8-15-5-1)9-17-10-12-3-4-13-14(12)18-7-6-16-13/h1-2,5,8,12-14,16H,3-4,6-7,9-10H2/t12-,13-,14-/m0/s1. The van der Waals surface area contributed by atoms with E-state index in [1.807, 2.05) is 18.3 Å². The van der Waals surface area contributed by atoms with E-state index in [-0.39, 0.29) is 0 Å². The van der Waals surface area contributed by atoms with Crippen molar-refractivity contribution < 1.29 is 9.47 Å². The van der Waals surface area contributed by atoms with E-state index in [1.165, 1.54) is 12.8 Å². The molecule has 2 fully saturated rings. The number of nitrogens with one attached hydrogen (secondary N) is 1. The smallest absolute Gasteiger partial charge is 0.0778 e. The van der Waals surface area contributed by atoms with Gasteiger partial charge in [-0.1, -0.05) is 6.07 Å². The fourth-order valence-electron chi connectivity index (χ4n) is 2.95. The second-order valence-corrected chi connectivity index (χ2v) is 5.11. The number of ether oxygens (including phenoxy) is 2. The molecule has 1 aromatic rings. The van der Waals surface area contributed by atoms with Gasteiger partial charge < -0.3 is 14.8 Å². The van der Waals surface area contributed by atoms with Crippen LogP contribution in [0, 0.1) is 5.92 Å². The molecule has 0 amide bonds. The Kier molecular flexibility index (Phi) is 3.88. The molecule has 0 spiro atoms. The van der Waals surface area contributed by atoms with Gasteiger partial charge in [0.2, 0.25) is 0 Å². The molecule has 2 aliphatic rings. The quantitative estimate of drug-likeness (QED) is 0.874. The van der Waals surface area contributed by atoms with Crippen LogP contribution in [0.3, 0.4) is 0 Å². The van der Waals surface area contributed by atoms with Crippen LogP contribution in [-0.2, 0) is 16.1 Å². The van der Waals surface area contributed by atoms with Crippen molar-refractivity contribution in [2.45, 2.75) is 31.6 Å². The van der Waals surface area contributed by atoms with Crippen LogP contribution in [0.25, 0.3) is 0 Å². The zero-order valence-corrected chi connectivity index (χ0v) is 10.5. The Morgan fingerprint density at radius 2 is 2.44 bits per heavy atom. The molecule has 1 aliphatic heterocycles. The molecule has 1 saturated heterocycles. The molecule has 98 valence electrons. The SMILES string of the molecule is c1cncc(COC[C@@H]2CC[C@@H]3NCCO[C@@H]23)c1. The molecule has 1 saturated carbocycles. The van der Waals surface area contributed by atoms with Gasteiger partial charge in [0.25, 0.3) is 0 Å². The number of hydrogen-bond donors (Lipinski definition) is 1. The van der Waals surface area contributed by atoms with Crippen molar-refractivity contribution >= 4 is 0 Å². The summed E-state index contributed by atoms with van der Waals surface area (Å²) in [5.74, 6) is 0.541. The summed E-state index contributed by atoms with van der Waals surface area (Å²) in [6, 6.07) is 4.53. The van der Waals surface area contributed by atoms with Gasteiger partial charge in [0.15, 0.2) is 0 Å². The second-order valence-electron chi connectivity index (χ2n) is 5.11. The predicted molar refractivity (Wildman–Crippen MR) is 68.1 cm³/mol. The first-order chi connectivity index (χ1) is 8.93. The third-order valence-corrected chi connectivity index (χ3v) is 3.85.